The van der Waals surface area contributed by atoms with Crippen LogP contribution in [0.4, 0.5) is 10.8 Å². The fourth-order valence-electron chi connectivity index (χ4n) is 3.41. The van der Waals surface area contributed by atoms with Crippen molar-refractivity contribution >= 4 is 34.3 Å². The van der Waals surface area contributed by atoms with Crippen LogP contribution in [0.15, 0.2) is 35.7 Å². The van der Waals surface area contributed by atoms with Gasteiger partial charge in [-0.25, -0.2) is 4.98 Å². The summed E-state index contributed by atoms with van der Waals surface area (Å²) >= 11 is 1.39. The third-order valence-electron chi connectivity index (χ3n) is 4.60. The van der Waals surface area contributed by atoms with E-state index in [-0.39, 0.29) is 12.5 Å². The van der Waals surface area contributed by atoms with Gasteiger partial charge in [-0.15, -0.1) is 11.3 Å². The molecule has 0 fully saturated rings. The molecule has 30 heavy (non-hydrogen) atoms. The predicted molar refractivity (Wildman–Crippen MR) is 118 cm³/mol. The fourth-order valence-corrected chi connectivity index (χ4v) is 4.26. The first-order valence-corrected chi connectivity index (χ1v) is 10.3. The molecule has 0 aliphatic rings. The Balaban J connectivity index is 1.84. The first kappa shape index (κ1) is 21.5. The van der Waals surface area contributed by atoms with Crippen molar-refractivity contribution in [2.24, 2.45) is 0 Å². The molecule has 2 aromatic carbocycles. The Kier molecular flexibility index (Phi) is 6.52. The van der Waals surface area contributed by atoms with Gasteiger partial charge in [0.2, 0.25) is 5.91 Å². The summed E-state index contributed by atoms with van der Waals surface area (Å²) in [4.78, 5) is 29.7. The molecule has 156 valence electrons. The first-order valence-electron chi connectivity index (χ1n) is 9.43. The van der Waals surface area contributed by atoms with E-state index in [4.69, 9.17) is 9.47 Å². The van der Waals surface area contributed by atoms with Gasteiger partial charge in [0.05, 0.1) is 18.5 Å². The molecule has 3 rings (SSSR count). The van der Waals surface area contributed by atoms with Crippen molar-refractivity contribution in [2.75, 3.05) is 12.0 Å². The number of methoxy groups -OCH3 is 1. The van der Waals surface area contributed by atoms with Crippen LogP contribution in [0, 0.1) is 20.8 Å². The highest BCUT2D eigenvalue weighted by Crippen LogP contribution is 2.35. The van der Waals surface area contributed by atoms with Gasteiger partial charge >= 0.3 is 0 Å². The molecule has 0 spiro atoms. The zero-order valence-electron chi connectivity index (χ0n) is 17.7. The Morgan fingerprint density at radius 3 is 2.43 bits per heavy atom. The third-order valence-corrected chi connectivity index (χ3v) is 5.48. The summed E-state index contributed by atoms with van der Waals surface area (Å²) in [5, 5.41) is 2.47. The summed E-state index contributed by atoms with van der Waals surface area (Å²) in [5.41, 5.74) is 5.27. The average molecular weight is 425 g/mol. The fraction of sp³-hybridized carbons (Fsp3) is 0.261. The SMILES string of the molecule is COc1cc(C=O)ccc1OCc1csc(N(C(C)=O)c2c(C)cc(C)cc2C)n1. The Bertz CT molecular complexity index is 1070. The molecule has 0 aliphatic heterocycles. The van der Waals surface area contributed by atoms with E-state index in [1.807, 2.05) is 26.2 Å². The number of amides is 1. The van der Waals surface area contributed by atoms with Crippen LogP contribution in [-0.4, -0.2) is 24.3 Å². The van der Waals surface area contributed by atoms with Gasteiger partial charge in [-0.2, -0.15) is 0 Å². The molecule has 0 saturated carbocycles. The Morgan fingerprint density at radius 2 is 1.83 bits per heavy atom. The van der Waals surface area contributed by atoms with Crippen LogP contribution in [0.3, 0.4) is 0 Å². The number of aldehydes is 1. The van der Waals surface area contributed by atoms with E-state index in [2.05, 4.69) is 17.1 Å². The zero-order valence-corrected chi connectivity index (χ0v) is 18.5. The van der Waals surface area contributed by atoms with E-state index < -0.39 is 0 Å². The minimum Gasteiger partial charge on any atom is -0.493 e. The van der Waals surface area contributed by atoms with Crippen LogP contribution >= 0.6 is 11.3 Å². The number of hydrogen-bond donors (Lipinski definition) is 0. The molecular weight excluding hydrogens is 400 g/mol. The molecule has 0 atom stereocenters. The normalized spacial score (nSPS) is 10.6. The summed E-state index contributed by atoms with van der Waals surface area (Å²) in [7, 11) is 1.52. The van der Waals surface area contributed by atoms with Crippen molar-refractivity contribution in [3.8, 4) is 11.5 Å². The number of carbonyl (C=O) groups is 2. The van der Waals surface area contributed by atoms with Crippen molar-refractivity contribution in [1.29, 1.82) is 0 Å². The molecule has 0 bridgehead atoms. The summed E-state index contributed by atoms with van der Waals surface area (Å²) in [5.74, 6) is 0.899. The number of aryl methyl sites for hydroxylation is 3. The lowest BCUT2D eigenvalue weighted by Gasteiger charge is -2.23. The quantitative estimate of drug-likeness (QED) is 0.491. The molecule has 7 heteroatoms. The maximum Gasteiger partial charge on any atom is 0.230 e. The van der Waals surface area contributed by atoms with E-state index in [9.17, 15) is 9.59 Å². The highest BCUT2D eigenvalue weighted by molar-refractivity contribution is 7.14. The zero-order chi connectivity index (χ0) is 21.8. The molecule has 3 aromatic rings. The molecular formula is C23H24N2O4S. The minimum absolute atomic E-state index is 0.0991. The van der Waals surface area contributed by atoms with Crippen LogP contribution in [0.5, 0.6) is 11.5 Å². The van der Waals surface area contributed by atoms with Crippen LogP contribution in [0.2, 0.25) is 0 Å². The van der Waals surface area contributed by atoms with Crippen molar-refractivity contribution in [2.45, 2.75) is 34.3 Å². The summed E-state index contributed by atoms with van der Waals surface area (Å²) in [6.07, 6.45) is 0.754. The van der Waals surface area contributed by atoms with E-state index in [1.165, 1.54) is 25.4 Å². The molecule has 0 radical (unpaired) electrons. The smallest absolute Gasteiger partial charge is 0.230 e. The molecule has 0 aliphatic carbocycles. The maximum absolute atomic E-state index is 12.5. The lowest BCUT2D eigenvalue weighted by atomic mass is 10.0. The number of rotatable bonds is 7. The number of thiazole rings is 1. The monoisotopic (exact) mass is 424 g/mol. The standard InChI is InChI=1S/C23H24N2O4S/c1-14-8-15(2)22(16(3)9-14)25(17(4)27)23-24-19(13-30-23)12-29-20-7-6-18(11-26)10-21(20)28-5/h6-11,13H,12H2,1-5H3. The number of hydrogen-bond acceptors (Lipinski definition) is 6. The largest absolute Gasteiger partial charge is 0.493 e. The van der Waals surface area contributed by atoms with Crippen LogP contribution < -0.4 is 14.4 Å². The van der Waals surface area contributed by atoms with Gasteiger partial charge in [0.1, 0.15) is 12.9 Å². The average Bonchev–Trinajstić information content (AvgIpc) is 3.16. The second-order valence-electron chi connectivity index (χ2n) is 7.04. The third kappa shape index (κ3) is 4.52. The maximum atomic E-state index is 12.5. The van der Waals surface area contributed by atoms with E-state index in [1.54, 1.807) is 23.1 Å². The van der Waals surface area contributed by atoms with Gasteiger partial charge in [0, 0.05) is 17.9 Å². The summed E-state index contributed by atoms with van der Waals surface area (Å²) in [6, 6.07) is 9.10. The molecule has 1 aromatic heterocycles. The number of aromatic nitrogens is 1. The predicted octanol–water partition coefficient (Wildman–Crippen LogP) is 5.15. The number of nitrogens with zero attached hydrogens (tertiary/aromatic N) is 2. The highest BCUT2D eigenvalue weighted by Gasteiger charge is 2.22. The molecule has 0 saturated heterocycles. The van der Waals surface area contributed by atoms with Gasteiger partial charge in [0.25, 0.3) is 0 Å². The highest BCUT2D eigenvalue weighted by atomic mass is 32.1. The van der Waals surface area contributed by atoms with Gasteiger partial charge < -0.3 is 9.47 Å². The molecule has 0 unspecified atom stereocenters. The number of ether oxygens (including phenoxy) is 2. The van der Waals surface area contributed by atoms with Crippen LogP contribution in [0.25, 0.3) is 0 Å². The van der Waals surface area contributed by atoms with Gasteiger partial charge in [0.15, 0.2) is 16.6 Å². The molecule has 6 nitrogen and oxygen atoms in total. The van der Waals surface area contributed by atoms with Gasteiger partial charge in [-0.3, -0.25) is 14.5 Å². The first-order chi connectivity index (χ1) is 14.3. The summed E-state index contributed by atoms with van der Waals surface area (Å²) in [6.45, 7) is 7.79. The van der Waals surface area contributed by atoms with Crippen molar-refractivity contribution in [3.63, 3.8) is 0 Å². The van der Waals surface area contributed by atoms with Crippen molar-refractivity contribution in [1.82, 2.24) is 4.98 Å². The van der Waals surface area contributed by atoms with Gasteiger partial charge in [-0.1, -0.05) is 17.7 Å². The van der Waals surface area contributed by atoms with E-state index >= 15 is 0 Å². The van der Waals surface area contributed by atoms with E-state index in [0.29, 0.717) is 27.9 Å². The minimum atomic E-state index is -0.0991. The Labute approximate surface area is 180 Å². The van der Waals surface area contributed by atoms with Gasteiger partial charge in [-0.05, 0) is 50.1 Å². The Morgan fingerprint density at radius 1 is 1.13 bits per heavy atom. The molecule has 1 amide bonds. The number of anilines is 2. The summed E-state index contributed by atoms with van der Waals surface area (Å²) < 4.78 is 11.1. The number of benzene rings is 2. The van der Waals surface area contributed by atoms with E-state index in [0.717, 1.165) is 28.7 Å². The lowest BCUT2D eigenvalue weighted by molar-refractivity contribution is -0.115. The van der Waals surface area contributed by atoms with Crippen molar-refractivity contribution in [3.05, 3.63) is 63.7 Å². The lowest BCUT2D eigenvalue weighted by Crippen LogP contribution is -2.24. The topological polar surface area (TPSA) is 68.7 Å². The number of carbonyl (C=O) groups excluding carboxylic acids is 2. The molecule has 1 heterocycles. The van der Waals surface area contributed by atoms with Crippen molar-refractivity contribution < 1.29 is 19.1 Å². The Hall–Kier alpha value is -3.19. The molecule has 0 N–H and O–H groups in total. The second-order valence-corrected chi connectivity index (χ2v) is 7.88. The second kappa shape index (κ2) is 9.09. The van der Waals surface area contributed by atoms with Crippen LogP contribution in [-0.2, 0) is 11.4 Å². The van der Waals surface area contributed by atoms with Crippen LogP contribution in [0.1, 0.15) is 39.7 Å².